The molecule has 0 bridgehead atoms. The monoisotopic (exact) mass is 779 g/mol. The van der Waals surface area contributed by atoms with E-state index in [1.807, 2.05) is 38.2 Å². The Balaban J connectivity index is 1.57. The van der Waals surface area contributed by atoms with Gasteiger partial charge in [0.05, 0.1) is 18.0 Å². The maximum atomic E-state index is 14.0. The van der Waals surface area contributed by atoms with E-state index in [1.165, 1.54) is 4.90 Å². The van der Waals surface area contributed by atoms with Gasteiger partial charge in [0.15, 0.2) is 0 Å². The van der Waals surface area contributed by atoms with Gasteiger partial charge in [0, 0.05) is 67.7 Å². The van der Waals surface area contributed by atoms with Gasteiger partial charge in [-0.3, -0.25) is 29.2 Å². The lowest BCUT2D eigenvalue weighted by Crippen LogP contribution is -2.58. The number of fused-ring (bicyclic) bond motifs is 1. The van der Waals surface area contributed by atoms with Crippen LogP contribution in [0, 0.1) is 11.3 Å². The summed E-state index contributed by atoms with van der Waals surface area (Å²) in [5.74, 6) is -0.717. The van der Waals surface area contributed by atoms with Crippen LogP contribution >= 0.6 is 0 Å². The van der Waals surface area contributed by atoms with Crippen LogP contribution in [0.4, 0.5) is 0 Å². The fraction of sp³-hybridized carbons (Fsp3) is 0.489. The summed E-state index contributed by atoms with van der Waals surface area (Å²) < 4.78 is 7.69. The number of nitrogens with zero attached hydrogens (tertiary/aromatic N) is 4. The molecule has 3 N–H and O–H groups in total. The molecule has 1 aliphatic heterocycles. The zero-order valence-electron chi connectivity index (χ0n) is 34.8. The normalized spacial score (nSPS) is 14.4. The van der Waals surface area contributed by atoms with Gasteiger partial charge in [-0.05, 0) is 91.6 Å². The van der Waals surface area contributed by atoms with Crippen molar-refractivity contribution in [3.8, 4) is 22.4 Å². The summed E-state index contributed by atoms with van der Waals surface area (Å²) >= 11 is 0. The van der Waals surface area contributed by atoms with Crippen LogP contribution in [0.5, 0.6) is 0 Å². The number of carbonyl (C=O) groups excluding carboxylic acids is 4. The lowest BCUT2D eigenvalue weighted by molar-refractivity contribution is -0.142. The fourth-order valence-corrected chi connectivity index (χ4v) is 8.04. The largest absolute Gasteiger partial charge is 0.467 e. The Kier molecular flexibility index (Phi) is 15.0. The van der Waals surface area contributed by atoms with Gasteiger partial charge in [0.2, 0.25) is 12.3 Å². The summed E-state index contributed by atoms with van der Waals surface area (Å²) in [5.41, 5.74) is 11.2. The fourth-order valence-electron chi connectivity index (χ4n) is 8.04. The number of rotatable bonds is 20. The van der Waals surface area contributed by atoms with E-state index < -0.39 is 12.1 Å². The summed E-state index contributed by atoms with van der Waals surface area (Å²) in [6.07, 6.45) is 6.30. The summed E-state index contributed by atoms with van der Waals surface area (Å²) in [6, 6.07) is 17.3. The van der Waals surface area contributed by atoms with E-state index in [4.69, 9.17) is 9.72 Å². The summed E-state index contributed by atoms with van der Waals surface area (Å²) in [4.78, 5) is 56.9. The number of aryl methyl sites for hydroxylation is 1. The average molecular weight is 780 g/mol. The first-order valence-electron chi connectivity index (χ1n) is 20.4. The maximum Gasteiger partial charge on any atom is 0.293 e. The van der Waals surface area contributed by atoms with Gasteiger partial charge in [0.25, 0.3) is 12.4 Å². The summed E-state index contributed by atoms with van der Waals surface area (Å²) in [6.45, 7) is 16.6. The number of hydrogen-bond donors (Lipinski definition) is 3. The summed E-state index contributed by atoms with van der Waals surface area (Å²) in [7, 11) is 1.59. The van der Waals surface area contributed by atoms with Crippen LogP contribution in [0.25, 0.3) is 33.3 Å². The molecular formula is C45H61N7O5. The first-order chi connectivity index (χ1) is 27.4. The molecular weight excluding hydrogens is 719 g/mol. The van der Waals surface area contributed by atoms with Crippen LogP contribution in [0.2, 0.25) is 0 Å². The van der Waals surface area contributed by atoms with Gasteiger partial charge in [-0.25, -0.2) is 5.43 Å². The van der Waals surface area contributed by atoms with Crippen molar-refractivity contribution in [2.45, 2.75) is 98.8 Å². The molecule has 0 saturated carbocycles. The molecule has 2 atom stereocenters. The van der Waals surface area contributed by atoms with Crippen molar-refractivity contribution in [3.05, 3.63) is 77.6 Å². The van der Waals surface area contributed by atoms with Crippen LogP contribution in [0.3, 0.4) is 0 Å². The van der Waals surface area contributed by atoms with Crippen molar-refractivity contribution in [2.24, 2.45) is 11.3 Å². The van der Waals surface area contributed by atoms with E-state index in [0.29, 0.717) is 38.9 Å². The number of ether oxygens (including phenoxy) is 1. The number of amides is 3. The standard InChI is InChI=1S/C45H61N7O5/c1-8-19-46-27-39-35(16-13-20-47-39)42-37(26-45(5,6)28-57-30-54)36-25-34(17-18-40(36)51(42)9-2)33-15-12-14-32(23-33)24-38(44(56)52-22-11-10-21-48-52)49-43(55)41(31(3)4)50(7)29-53/h12-18,20,23,25,29-31,38,41,46,48H,8-11,19,21-22,24,26-28H2,1-7H3,(H,49,55). The number of benzene rings is 2. The highest BCUT2D eigenvalue weighted by atomic mass is 16.5. The highest BCUT2D eigenvalue weighted by Crippen LogP contribution is 2.40. The average Bonchev–Trinajstić information content (AvgIpc) is 3.51. The van der Waals surface area contributed by atoms with Crippen LogP contribution in [0.15, 0.2) is 60.8 Å². The van der Waals surface area contributed by atoms with Crippen molar-refractivity contribution in [1.82, 2.24) is 35.5 Å². The molecule has 3 heterocycles. The number of nitrogens with one attached hydrogen (secondary N) is 3. The van der Waals surface area contributed by atoms with Crippen LogP contribution in [-0.4, -0.2) is 89.5 Å². The maximum absolute atomic E-state index is 14.0. The van der Waals surface area contributed by atoms with Crippen LogP contribution in [-0.2, 0) is 49.8 Å². The first-order valence-corrected chi connectivity index (χ1v) is 20.4. The highest BCUT2D eigenvalue weighted by Gasteiger charge is 2.33. The third-order valence-electron chi connectivity index (χ3n) is 10.7. The van der Waals surface area contributed by atoms with E-state index in [1.54, 1.807) is 12.1 Å². The molecule has 5 rings (SSSR count). The molecule has 2 aromatic heterocycles. The Morgan fingerprint density at radius 3 is 2.53 bits per heavy atom. The van der Waals surface area contributed by atoms with Gasteiger partial charge in [-0.1, -0.05) is 65.0 Å². The smallest absolute Gasteiger partial charge is 0.293 e. The molecule has 1 saturated heterocycles. The third kappa shape index (κ3) is 10.5. The number of pyridine rings is 1. The van der Waals surface area contributed by atoms with Crippen molar-refractivity contribution in [3.63, 3.8) is 0 Å². The SMILES string of the molecule is CCCNCc1ncccc1-c1c(CC(C)(C)COC=O)c2cc(-c3cccc(CC(NC(=O)C(C(C)C)N(C)C=O)C(=O)N4CCCCN4)c3)ccc2n1CC. The minimum absolute atomic E-state index is 0.152. The van der Waals surface area contributed by atoms with Crippen LogP contribution < -0.4 is 16.1 Å². The zero-order chi connectivity index (χ0) is 41.1. The molecule has 2 aromatic carbocycles. The third-order valence-corrected chi connectivity index (χ3v) is 10.7. The minimum Gasteiger partial charge on any atom is -0.467 e. The molecule has 0 radical (unpaired) electrons. The lowest BCUT2D eigenvalue weighted by atomic mass is 9.84. The Morgan fingerprint density at radius 1 is 1.05 bits per heavy atom. The molecule has 12 heteroatoms. The van der Waals surface area contributed by atoms with Gasteiger partial charge in [-0.15, -0.1) is 0 Å². The van der Waals surface area contributed by atoms with Crippen molar-refractivity contribution in [1.29, 1.82) is 0 Å². The second-order valence-corrected chi connectivity index (χ2v) is 16.3. The van der Waals surface area contributed by atoms with Crippen LogP contribution in [0.1, 0.15) is 77.6 Å². The van der Waals surface area contributed by atoms with E-state index in [9.17, 15) is 19.2 Å². The van der Waals surface area contributed by atoms with E-state index in [-0.39, 0.29) is 36.2 Å². The van der Waals surface area contributed by atoms with Gasteiger partial charge in [0.1, 0.15) is 12.1 Å². The Bertz CT molecular complexity index is 2000. The van der Waals surface area contributed by atoms with Crippen molar-refractivity contribution < 1.29 is 23.9 Å². The van der Waals surface area contributed by atoms with E-state index >= 15 is 0 Å². The molecule has 4 aromatic rings. The summed E-state index contributed by atoms with van der Waals surface area (Å²) in [5, 5.41) is 9.29. The van der Waals surface area contributed by atoms with Gasteiger partial charge >= 0.3 is 0 Å². The molecule has 3 amide bonds. The predicted molar refractivity (Wildman–Crippen MR) is 225 cm³/mol. The number of aromatic nitrogens is 2. The number of carbonyl (C=O) groups is 4. The van der Waals surface area contributed by atoms with Crippen molar-refractivity contribution in [2.75, 3.05) is 33.3 Å². The molecule has 0 aliphatic carbocycles. The van der Waals surface area contributed by atoms with Crippen molar-refractivity contribution >= 4 is 35.6 Å². The highest BCUT2D eigenvalue weighted by molar-refractivity contribution is 5.95. The van der Waals surface area contributed by atoms with Gasteiger partial charge in [-0.2, -0.15) is 0 Å². The molecule has 1 fully saturated rings. The topological polar surface area (TPSA) is 138 Å². The quantitative estimate of drug-likeness (QED) is 0.0746. The number of likely N-dealkylation sites (N-methyl/N-ethyl adjacent to an activating group) is 1. The molecule has 57 heavy (non-hydrogen) atoms. The molecule has 0 spiro atoms. The Morgan fingerprint density at radius 2 is 1.84 bits per heavy atom. The van der Waals surface area contributed by atoms with E-state index in [0.717, 1.165) is 82.5 Å². The predicted octanol–water partition coefficient (Wildman–Crippen LogP) is 5.90. The molecule has 12 nitrogen and oxygen atoms in total. The number of hydrazine groups is 1. The Labute approximate surface area is 337 Å². The Hall–Kier alpha value is -5.07. The first kappa shape index (κ1) is 43.1. The zero-order valence-corrected chi connectivity index (χ0v) is 34.8. The lowest BCUT2D eigenvalue weighted by Gasteiger charge is -2.33. The van der Waals surface area contributed by atoms with E-state index in [2.05, 4.69) is 84.7 Å². The molecule has 306 valence electrons. The second kappa shape index (κ2) is 19.9. The van der Waals surface area contributed by atoms with Gasteiger partial charge < -0.3 is 24.8 Å². The molecule has 2 unspecified atom stereocenters. The minimum atomic E-state index is -0.841. The second-order valence-electron chi connectivity index (χ2n) is 16.3. The number of hydrogen-bond acceptors (Lipinski definition) is 8. The molecule has 1 aliphatic rings.